The van der Waals surface area contributed by atoms with Crippen LogP contribution in [0.25, 0.3) is 0 Å². The Kier molecular flexibility index (Phi) is 7.11. The molecule has 0 heterocycles. The van der Waals surface area contributed by atoms with E-state index in [-0.39, 0.29) is 5.54 Å². The standard InChI is InChI=1S/C17H30N2/c1-17(2,3)18-13-9-6-10-14-19(4)15-16-11-7-5-8-12-16/h5,7-8,11-12,18H,6,9-10,13-15H2,1-4H3. The molecule has 1 aromatic rings. The van der Waals surface area contributed by atoms with E-state index in [4.69, 9.17) is 0 Å². The first-order valence-corrected chi connectivity index (χ1v) is 7.45. The zero-order valence-electron chi connectivity index (χ0n) is 13.1. The third kappa shape index (κ3) is 8.79. The van der Waals surface area contributed by atoms with Crippen LogP contribution in [-0.4, -0.2) is 30.6 Å². The Morgan fingerprint density at radius 3 is 2.32 bits per heavy atom. The van der Waals surface area contributed by atoms with Crippen molar-refractivity contribution in [2.75, 3.05) is 20.1 Å². The highest BCUT2D eigenvalue weighted by atomic mass is 15.1. The number of rotatable bonds is 8. The summed E-state index contributed by atoms with van der Waals surface area (Å²) >= 11 is 0. The molecule has 1 N–H and O–H groups in total. The minimum absolute atomic E-state index is 0.254. The third-order valence-corrected chi connectivity index (χ3v) is 3.17. The fraction of sp³-hybridized carbons (Fsp3) is 0.647. The van der Waals surface area contributed by atoms with Gasteiger partial charge in [-0.25, -0.2) is 0 Å². The Morgan fingerprint density at radius 1 is 1.00 bits per heavy atom. The number of hydrogen-bond acceptors (Lipinski definition) is 2. The summed E-state index contributed by atoms with van der Waals surface area (Å²) in [7, 11) is 2.21. The van der Waals surface area contributed by atoms with Crippen LogP contribution in [0.1, 0.15) is 45.6 Å². The lowest BCUT2D eigenvalue weighted by Gasteiger charge is -2.20. The largest absolute Gasteiger partial charge is 0.312 e. The Hall–Kier alpha value is -0.860. The predicted molar refractivity (Wildman–Crippen MR) is 84.4 cm³/mol. The highest BCUT2D eigenvalue weighted by Crippen LogP contribution is 2.05. The molecule has 1 aromatic carbocycles. The highest BCUT2D eigenvalue weighted by Gasteiger charge is 2.07. The molecular formula is C17H30N2. The number of hydrogen-bond donors (Lipinski definition) is 1. The highest BCUT2D eigenvalue weighted by molar-refractivity contribution is 5.14. The van der Waals surface area contributed by atoms with E-state index < -0.39 is 0 Å². The molecule has 0 atom stereocenters. The van der Waals surface area contributed by atoms with Gasteiger partial charge in [0.2, 0.25) is 0 Å². The molecule has 0 saturated carbocycles. The minimum atomic E-state index is 0.254. The lowest BCUT2D eigenvalue weighted by molar-refractivity contribution is 0.315. The van der Waals surface area contributed by atoms with Crippen LogP contribution in [0.15, 0.2) is 30.3 Å². The van der Waals surface area contributed by atoms with Gasteiger partial charge in [-0.1, -0.05) is 36.8 Å². The molecule has 0 unspecified atom stereocenters. The molecule has 0 aliphatic carbocycles. The summed E-state index contributed by atoms with van der Waals surface area (Å²) in [4.78, 5) is 2.41. The van der Waals surface area contributed by atoms with E-state index in [1.54, 1.807) is 0 Å². The lowest BCUT2D eigenvalue weighted by Crippen LogP contribution is -2.36. The van der Waals surface area contributed by atoms with Crippen molar-refractivity contribution in [2.24, 2.45) is 0 Å². The number of unbranched alkanes of at least 4 members (excludes halogenated alkanes) is 2. The molecule has 1 rings (SSSR count). The van der Waals surface area contributed by atoms with Gasteiger partial charge in [0, 0.05) is 12.1 Å². The maximum absolute atomic E-state index is 3.54. The third-order valence-electron chi connectivity index (χ3n) is 3.17. The van der Waals surface area contributed by atoms with Gasteiger partial charge in [-0.3, -0.25) is 0 Å². The molecule has 0 amide bonds. The molecule has 0 aliphatic heterocycles. The molecule has 0 fully saturated rings. The summed E-state index contributed by atoms with van der Waals surface area (Å²) in [6.07, 6.45) is 3.87. The fourth-order valence-electron chi connectivity index (χ4n) is 2.12. The van der Waals surface area contributed by atoms with Gasteiger partial charge in [0.1, 0.15) is 0 Å². The van der Waals surface area contributed by atoms with Crippen molar-refractivity contribution in [3.05, 3.63) is 35.9 Å². The molecule has 108 valence electrons. The first-order chi connectivity index (χ1) is 8.97. The van der Waals surface area contributed by atoms with Crippen LogP contribution in [0, 0.1) is 0 Å². The molecule has 0 aromatic heterocycles. The van der Waals surface area contributed by atoms with E-state index in [1.165, 1.54) is 31.4 Å². The molecule has 2 heteroatoms. The predicted octanol–water partition coefficient (Wildman–Crippen LogP) is 3.68. The maximum atomic E-state index is 3.54. The number of nitrogens with zero attached hydrogens (tertiary/aromatic N) is 1. The zero-order valence-corrected chi connectivity index (χ0v) is 13.1. The van der Waals surface area contributed by atoms with E-state index in [0.717, 1.165) is 13.1 Å². The second-order valence-corrected chi connectivity index (χ2v) is 6.46. The Balaban J connectivity index is 2.03. The molecular weight excluding hydrogens is 232 g/mol. The summed E-state index contributed by atoms with van der Waals surface area (Å²) in [5.74, 6) is 0. The summed E-state index contributed by atoms with van der Waals surface area (Å²) in [6, 6.07) is 10.7. The summed E-state index contributed by atoms with van der Waals surface area (Å²) < 4.78 is 0. The number of benzene rings is 1. The average Bonchev–Trinajstić information content (AvgIpc) is 2.33. The molecule has 2 nitrogen and oxygen atoms in total. The normalized spacial score (nSPS) is 12.1. The van der Waals surface area contributed by atoms with Crippen molar-refractivity contribution in [2.45, 2.75) is 52.1 Å². The SMILES string of the molecule is CN(CCCCCNC(C)(C)C)Cc1ccccc1. The van der Waals surface area contributed by atoms with Crippen LogP contribution in [0.5, 0.6) is 0 Å². The van der Waals surface area contributed by atoms with E-state index in [0.29, 0.717) is 0 Å². The van der Waals surface area contributed by atoms with Gasteiger partial charge in [-0.2, -0.15) is 0 Å². The van der Waals surface area contributed by atoms with Crippen molar-refractivity contribution in [3.63, 3.8) is 0 Å². The van der Waals surface area contributed by atoms with Crippen LogP contribution >= 0.6 is 0 Å². The van der Waals surface area contributed by atoms with Crippen LogP contribution in [0.2, 0.25) is 0 Å². The average molecular weight is 262 g/mol. The Morgan fingerprint density at radius 2 is 1.68 bits per heavy atom. The van der Waals surface area contributed by atoms with Gasteiger partial charge in [-0.15, -0.1) is 0 Å². The van der Waals surface area contributed by atoms with E-state index in [1.807, 2.05) is 0 Å². The van der Waals surface area contributed by atoms with Crippen molar-refractivity contribution >= 4 is 0 Å². The van der Waals surface area contributed by atoms with Gasteiger partial charge in [-0.05, 0) is 59.3 Å². The zero-order chi connectivity index (χ0) is 14.1. The second-order valence-electron chi connectivity index (χ2n) is 6.46. The quantitative estimate of drug-likeness (QED) is 0.719. The first-order valence-electron chi connectivity index (χ1n) is 7.45. The fourth-order valence-corrected chi connectivity index (χ4v) is 2.12. The molecule has 0 radical (unpaired) electrons. The second kappa shape index (κ2) is 8.34. The molecule has 0 bridgehead atoms. The van der Waals surface area contributed by atoms with Gasteiger partial charge < -0.3 is 10.2 Å². The molecule has 0 aliphatic rings. The van der Waals surface area contributed by atoms with Crippen molar-refractivity contribution in [1.29, 1.82) is 0 Å². The van der Waals surface area contributed by atoms with Crippen molar-refractivity contribution < 1.29 is 0 Å². The Labute approximate surface area is 119 Å². The molecule has 0 spiro atoms. The van der Waals surface area contributed by atoms with E-state index in [2.05, 4.69) is 68.4 Å². The minimum Gasteiger partial charge on any atom is -0.312 e. The van der Waals surface area contributed by atoms with Crippen LogP contribution in [0.3, 0.4) is 0 Å². The summed E-state index contributed by atoms with van der Waals surface area (Å²) in [5, 5.41) is 3.54. The van der Waals surface area contributed by atoms with E-state index in [9.17, 15) is 0 Å². The molecule has 19 heavy (non-hydrogen) atoms. The molecule has 0 saturated heterocycles. The van der Waals surface area contributed by atoms with Gasteiger partial charge in [0.15, 0.2) is 0 Å². The van der Waals surface area contributed by atoms with E-state index >= 15 is 0 Å². The Bertz CT molecular complexity index is 327. The first kappa shape index (κ1) is 16.2. The van der Waals surface area contributed by atoms with Crippen LogP contribution < -0.4 is 5.32 Å². The summed E-state index contributed by atoms with van der Waals surface area (Å²) in [6.45, 7) is 10.0. The number of nitrogens with one attached hydrogen (secondary N) is 1. The topological polar surface area (TPSA) is 15.3 Å². The van der Waals surface area contributed by atoms with Gasteiger partial charge in [0.25, 0.3) is 0 Å². The van der Waals surface area contributed by atoms with Gasteiger partial charge >= 0.3 is 0 Å². The lowest BCUT2D eigenvalue weighted by atomic mass is 10.1. The maximum Gasteiger partial charge on any atom is 0.0230 e. The van der Waals surface area contributed by atoms with Crippen molar-refractivity contribution in [1.82, 2.24) is 10.2 Å². The summed E-state index contributed by atoms with van der Waals surface area (Å²) in [5.41, 5.74) is 1.66. The smallest absolute Gasteiger partial charge is 0.0230 e. The van der Waals surface area contributed by atoms with Crippen LogP contribution in [-0.2, 0) is 6.54 Å². The van der Waals surface area contributed by atoms with Crippen LogP contribution in [0.4, 0.5) is 0 Å². The van der Waals surface area contributed by atoms with Crippen molar-refractivity contribution in [3.8, 4) is 0 Å². The van der Waals surface area contributed by atoms with Gasteiger partial charge in [0.05, 0.1) is 0 Å². The monoisotopic (exact) mass is 262 g/mol.